The van der Waals surface area contributed by atoms with Crippen molar-refractivity contribution >= 4 is 11.9 Å². The Balaban J connectivity index is 3.44. The number of allylic oxidation sites excluding steroid dienone is 4. The third kappa shape index (κ3) is 40.0. The fourth-order valence-electron chi connectivity index (χ4n) is 7.08. The fourth-order valence-corrected chi connectivity index (χ4v) is 7.08. The largest absolute Gasteiger partial charge is 0.466 e. The molecule has 0 radical (unpaired) electrons. The van der Waals surface area contributed by atoms with Crippen molar-refractivity contribution in [1.82, 2.24) is 5.32 Å². The Morgan fingerprint density at radius 1 is 0.519 bits per heavy atom. The second kappa shape index (κ2) is 44.1. The zero-order chi connectivity index (χ0) is 39.4. The van der Waals surface area contributed by atoms with Gasteiger partial charge in [0.15, 0.2) is 0 Å². The Morgan fingerprint density at radius 2 is 0.926 bits per heavy atom. The molecule has 0 aromatic rings. The molecule has 0 aliphatic heterocycles. The topological polar surface area (TPSA) is 95.9 Å². The molecule has 0 heterocycles. The molecule has 54 heavy (non-hydrogen) atoms. The van der Waals surface area contributed by atoms with Crippen molar-refractivity contribution in [3.8, 4) is 0 Å². The first kappa shape index (κ1) is 52.3. The highest BCUT2D eigenvalue weighted by atomic mass is 16.5. The summed E-state index contributed by atoms with van der Waals surface area (Å²) in [5, 5.41) is 23.0. The number of ether oxygens (including phenoxy) is 1. The maximum Gasteiger partial charge on any atom is 0.305 e. The Bertz CT molecular complexity index is 843. The Kier molecular flexibility index (Phi) is 42.7. The number of carbonyl (C=O) groups excluding carboxylic acids is 2. The molecule has 0 saturated carbocycles. The van der Waals surface area contributed by atoms with E-state index in [4.69, 9.17) is 4.74 Å². The van der Waals surface area contributed by atoms with Gasteiger partial charge in [-0.15, -0.1) is 0 Å². The summed E-state index contributed by atoms with van der Waals surface area (Å²) in [5.41, 5.74) is 0. The van der Waals surface area contributed by atoms with E-state index in [1.807, 2.05) is 0 Å². The Morgan fingerprint density at radius 3 is 1.44 bits per heavy atom. The van der Waals surface area contributed by atoms with Crippen LogP contribution >= 0.6 is 0 Å². The van der Waals surface area contributed by atoms with Crippen LogP contribution in [0.15, 0.2) is 24.3 Å². The van der Waals surface area contributed by atoms with Crippen molar-refractivity contribution in [1.29, 1.82) is 0 Å². The van der Waals surface area contributed by atoms with Gasteiger partial charge in [-0.1, -0.05) is 199 Å². The second-order valence-electron chi connectivity index (χ2n) is 16.1. The van der Waals surface area contributed by atoms with Gasteiger partial charge in [0.1, 0.15) is 0 Å². The van der Waals surface area contributed by atoms with E-state index in [0.717, 1.165) is 57.8 Å². The van der Waals surface area contributed by atoms with E-state index >= 15 is 0 Å². The predicted molar refractivity (Wildman–Crippen MR) is 232 cm³/mol. The van der Waals surface area contributed by atoms with Crippen LogP contribution < -0.4 is 5.32 Å². The lowest BCUT2D eigenvalue weighted by molar-refractivity contribution is -0.143. The molecule has 0 fully saturated rings. The van der Waals surface area contributed by atoms with Crippen LogP contribution in [0.3, 0.4) is 0 Å². The molecule has 0 spiro atoms. The summed E-state index contributed by atoms with van der Waals surface area (Å²) >= 11 is 0. The molecule has 0 aliphatic rings. The summed E-state index contributed by atoms with van der Waals surface area (Å²) in [5.74, 6) is -0.0721. The monoisotopic (exact) mass is 762 g/mol. The number of unbranched alkanes of at least 4 members (excludes halogenated alkanes) is 28. The van der Waals surface area contributed by atoms with Crippen LogP contribution in [0.1, 0.15) is 245 Å². The molecule has 3 N–H and O–H groups in total. The molecule has 0 saturated heterocycles. The molecule has 0 aromatic heterocycles. The normalized spacial score (nSPS) is 12.9. The zero-order valence-corrected chi connectivity index (χ0v) is 36.0. The molecule has 2 atom stereocenters. The van der Waals surface area contributed by atoms with Gasteiger partial charge in [0.2, 0.25) is 5.91 Å². The number of esters is 1. The number of aliphatic hydroxyl groups excluding tert-OH is 2. The van der Waals surface area contributed by atoms with Crippen molar-refractivity contribution in [3.05, 3.63) is 24.3 Å². The number of hydrogen-bond acceptors (Lipinski definition) is 5. The highest BCUT2D eigenvalue weighted by molar-refractivity contribution is 5.76. The van der Waals surface area contributed by atoms with Crippen molar-refractivity contribution in [2.24, 2.45) is 0 Å². The van der Waals surface area contributed by atoms with Gasteiger partial charge in [-0.2, -0.15) is 0 Å². The standard InChI is InChI=1S/C48H91NO5/c1-3-5-7-9-11-13-14-15-16-19-22-26-30-34-38-42-48(53)54-43-39-35-31-27-23-20-17-18-21-25-29-33-37-41-47(52)49-45(44-50)46(51)40-36-32-28-24-12-10-8-6-4-2/h11,13,15-16,45-46,50-51H,3-10,12,14,17-44H2,1-2H3,(H,49,52)/b13-11-,16-15-. The van der Waals surface area contributed by atoms with E-state index in [0.29, 0.717) is 25.9 Å². The van der Waals surface area contributed by atoms with Crippen molar-refractivity contribution in [2.45, 2.75) is 257 Å². The molecular weight excluding hydrogens is 671 g/mol. The molecule has 6 heteroatoms. The second-order valence-corrected chi connectivity index (χ2v) is 16.1. The predicted octanol–water partition coefficient (Wildman–Crippen LogP) is 13.6. The summed E-state index contributed by atoms with van der Waals surface area (Å²) in [6, 6.07) is -0.549. The van der Waals surface area contributed by atoms with Gasteiger partial charge >= 0.3 is 5.97 Å². The summed E-state index contributed by atoms with van der Waals surface area (Å²) in [4.78, 5) is 24.4. The SMILES string of the molecule is CCCCC/C=C\C/C=C\CCCCCCCC(=O)OCCCCCCCCCCCCCCCC(=O)NC(CO)C(O)CCCCCCCCCCC. The first-order valence-electron chi connectivity index (χ1n) is 23.6. The van der Waals surface area contributed by atoms with Gasteiger partial charge in [-0.25, -0.2) is 0 Å². The van der Waals surface area contributed by atoms with Gasteiger partial charge in [-0.05, 0) is 57.8 Å². The lowest BCUT2D eigenvalue weighted by Gasteiger charge is -2.22. The summed E-state index contributed by atoms with van der Waals surface area (Å²) in [6.07, 6.45) is 49.9. The lowest BCUT2D eigenvalue weighted by Crippen LogP contribution is -2.45. The van der Waals surface area contributed by atoms with E-state index < -0.39 is 12.1 Å². The highest BCUT2D eigenvalue weighted by Crippen LogP contribution is 2.15. The van der Waals surface area contributed by atoms with E-state index in [1.54, 1.807) is 0 Å². The molecule has 6 nitrogen and oxygen atoms in total. The smallest absolute Gasteiger partial charge is 0.305 e. The first-order valence-corrected chi connectivity index (χ1v) is 23.6. The number of amides is 1. The van der Waals surface area contributed by atoms with Crippen LogP contribution in [-0.2, 0) is 14.3 Å². The van der Waals surface area contributed by atoms with Gasteiger partial charge in [-0.3, -0.25) is 9.59 Å². The van der Waals surface area contributed by atoms with Crippen LogP contribution in [0.4, 0.5) is 0 Å². The van der Waals surface area contributed by atoms with Gasteiger partial charge in [0, 0.05) is 12.8 Å². The summed E-state index contributed by atoms with van der Waals surface area (Å²) in [7, 11) is 0. The minimum Gasteiger partial charge on any atom is -0.466 e. The summed E-state index contributed by atoms with van der Waals surface area (Å²) in [6.45, 7) is 4.86. The first-order chi connectivity index (χ1) is 26.5. The van der Waals surface area contributed by atoms with E-state index in [2.05, 4.69) is 43.5 Å². The van der Waals surface area contributed by atoms with Crippen LogP contribution in [0, 0.1) is 0 Å². The minimum atomic E-state index is -0.670. The molecule has 0 rings (SSSR count). The van der Waals surface area contributed by atoms with Crippen molar-refractivity contribution < 1.29 is 24.5 Å². The highest BCUT2D eigenvalue weighted by Gasteiger charge is 2.20. The Hall–Kier alpha value is -1.66. The quantitative estimate of drug-likeness (QED) is 0.0327. The zero-order valence-electron chi connectivity index (χ0n) is 36.0. The maximum absolute atomic E-state index is 12.4. The van der Waals surface area contributed by atoms with Crippen LogP contribution in [0.2, 0.25) is 0 Å². The number of nitrogens with one attached hydrogen (secondary N) is 1. The van der Waals surface area contributed by atoms with Gasteiger partial charge in [0.25, 0.3) is 0 Å². The molecule has 0 aromatic carbocycles. The summed E-state index contributed by atoms with van der Waals surface area (Å²) < 4.78 is 5.45. The van der Waals surface area contributed by atoms with Crippen molar-refractivity contribution in [3.63, 3.8) is 0 Å². The third-order valence-electron chi connectivity index (χ3n) is 10.8. The van der Waals surface area contributed by atoms with Crippen molar-refractivity contribution in [2.75, 3.05) is 13.2 Å². The third-order valence-corrected chi connectivity index (χ3v) is 10.8. The Labute approximate surface area is 335 Å². The molecular formula is C48H91NO5. The minimum absolute atomic E-state index is 0.0203. The molecule has 2 unspecified atom stereocenters. The number of aliphatic hydroxyl groups is 2. The average Bonchev–Trinajstić information content (AvgIpc) is 3.17. The maximum atomic E-state index is 12.4. The van der Waals surface area contributed by atoms with Gasteiger partial charge < -0.3 is 20.3 Å². The lowest BCUT2D eigenvalue weighted by atomic mass is 10.0. The van der Waals surface area contributed by atoms with E-state index in [1.165, 1.54) is 154 Å². The molecule has 0 bridgehead atoms. The van der Waals surface area contributed by atoms with Crippen LogP contribution in [0.5, 0.6) is 0 Å². The van der Waals surface area contributed by atoms with Crippen LogP contribution in [0.25, 0.3) is 0 Å². The number of rotatable bonds is 43. The molecule has 0 aliphatic carbocycles. The number of hydrogen-bond donors (Lipinski definition) is 3. The van der Waals surface area contributed by atoms with Crippen LogP contribution in [-0.4, -0.2) is 47.4 Å². The molecule has 318 valence electrons. The number of carbonyl (C=O) groups is 2. The van der Waals surface area contributed by atoms with E-state index in [-0.39, 0.29) is 18.5 Å². The average molecular weight is 762 g/mol. The fraction of sp³-hybridized carbons (Fsp3) is 0.875. The van der Waals surface area contributed by atoms with Gasteiger partial charge in [0.05, 0.1) is 25.4 Å². The molecule has 1 amide bonds. The van der Waals surface area contributed by atoms with E-state index in [9.17, 15) is 19.8 Å².